The average Bonchev–Trinajstić information content (AvgIpc) is 2.53. The van der Waals surface area contributed by atoms with Gasteiger partial charge in [-0.2, -0.15) is 0 Å². The summed E-state index contributed by atoms with van der Waals surface area (Å²) in [7, 11) is -1.12. The number of hydrogen-bond donors (Lipinski definition) is 1. The lowest BCUT2D eigenvalue weighted by atomic mass is 9.65. The van der Waals surface area contributed by atoms with E-state index in [0.29, 0.717) is 18.4 Å². The van der Waals surface area contributed by atoms with Crippen molar-refractivity contribution in [2.75, 3.05) is 6.79 Å². The number of ether oxygens (including phenoxy) is 2. The van der Waals surface area contributed by atoms with Gasteiger partial charge in [0.1, 0.15) is 17.1 Å². The molecule has 1 aromatic rings. The van der Waals surface area contributed by atoms with Crippen LogP contribution >= 0.6 is 0 Å². The number of carbonyl (C=O) groups excluding carboxylic acids is 2. The van der Waals surface area contributed by atoms with Gasteiger partial charge in [-0.15, -0.1) is 0 Å². The first kappa shape index (κ1) is 18.3. The largest absolute Gasteiger partial charge is 0.535 e. The molecule has 0 saturated carbocycles. The molecule has 24 heavy (non-hydrogen) atoms. The van der Waals surface area contributed by atoms with Crippen LogP contribution in [0.4, 0.5) is 4.39 Å². The van der Waals surface area contributed by atoms with Gasteiger partial charge in [0.2, 0.25) is 6.79 Å². The van der Waals surface area contributed by atoms with Crippen molar-refractivity contribution in [1.29, 1.82) is 0 Å². The van der Waals surface area contributed by atoms with Crippen molar-refractivity contribution in [2.45, 2.75) is 39.4 Å². The SMILES string of the molecule is CC[C@@H]1Cc2ccc(F)c(C(=O)OCOC(=O)C(C)C)c2OB1O. The predicted octanol–water partition coefficient (Wildman–Crippen LogP) is 2.33. The number of hydrogen-bond acceptors (Lipinski definition) is 6. The smallest absolute Gasteiger partial charge is 0.526 e. The summed E-state index contributed by atoms with van der Waals surface area (Å²) in [6, 6.07) is 2.68. The third-order valence-corrected chi connectivity index (χ3v) is 3.90. The molecule has 0 aliphatic carbocycles. The molecule has 130 valence electrons. The van der Waals surface area contributed by atoms with Crippen LogP contribution in [0.5, 0.6) is 5.75 Å². The minimum Gasteiger partial charge on any atom is -0.535 e. The first-order chi connectivity index (χ1) is 11.3. The van der Waals surface area contributed by atoms with Gasteiger partial charge in [-0.1, -0.05) is 33.3 Å². The van der Waals surface area contributed by atoms with E-state index in [0.717, 1.165) is 6.07 Å². The summed E-state index contributed by atoms with van der Waals surface area (Å²) in [5.41, 5.74) is 0.223. The normalized spacial score (nSPS) is 16.4. The van der Waals surface area contributed by atoms with E-state index in [2.05, 4.69) is 0 Å². The van der Waals surface area contributed by atoms with Gasteiger partial charge in [0.05, 0.1) is 5.92 Å². The fraction of sp³-hybridized carbons (Fsp3) is 0.500. The lowest BCUT2D eigenvalue weighted by Crippen LogP contribution is -2.34. The fourth-order valence-corrected chi connectivity index (χ4v) is 2.41. The maximum atomic E-state index is 14.1. The Labute approximate surface area is 140 Å². The van der Waals surface area contributed by atoms with Crippen LogP contribution in [0.1, 0.15) is 43.1 Å². The molecule has 0 spiro atoms. The van der Waals surface area contributed by atoms with E-state index in [1.807, 2.05) is 6.92 Å². The standard InChI is InChI=1S/C16H20BFO6/c1-4-11-7-10-5-6-12(18)13(14(10)24-17(11)21)16(20)23-8-22-15(19)9(2)3/h5-6,9,11,21H,4,7-8H2,1-3H3/t11-/m1/s1. The van der Waals surface area contributed by atoms with Crippen LogP contribution in [0.3, 0.4) is 0 Å². The van der Waals surface area contributed by atoms with Gasteiger partial charge in [0.25, 0.3) is 0 Å². The third kappa shape index (κ3) is 3.87. The first-order valence-corrected chi connectivity index (χ1v) is 7.85. The Hall–Kier alpha value is -2.09. The van der Waals surface area contributed by atoms with Crippen LogP contribution in [0.15, 0.2) is 12.1 Å². The zero-order valence-electron chi connectivity index (χ0n) is 13.9. The second-order valence-electron chi connectivity index (χ2n) is 5.96. The Balaban J connectivity index is 2.15. The van der Waals surface area contributed by atoms with Crippen molar-refractivity contribution >= 4 is 19.1 Å². The van der Waals surface area contributed by atoms with Crippen molar-refractivity contribution in [3.8, 4) is 5.75 Å². The number of carbonyl (C=O) groups is 2. The minimum absolute atomic E-state index is 0.0209. The van der Waals surface area contributed by atoms with Gasteiger partial charge >= 0.3 is 19.1 Å². The maximum Gasteiger partial charge on any atom is 0.526 e. The molecule has 0 aromatic heterocycles. The van der Waals surface area contributed by atoms with Crippen molar-refractivity contribution in [3.05, 3.63) is 29.1 Å². The Bertz CT molecular complexity index is 633. The summed E-state index contributed by atoms with van der Waals surface area (Å²) in [6.07, 6.45) is 1.15. The second-order valence-corrected chi connectivity index (χ2v) is 5.96. The monoisotopic (exact) mass is 338 g/mol. The summed E-state index contributed by atoms with van der Waals surface area (Å²) in [4.78, 5) is 23.5. The molecule has 1 aliphatic heterocycles. The zero-order valence-corrected chi connectivity index (χ0v) is 13.9. The summed E-state index contributed by atoms with van der Waals surface area (Å²) in [5, 5.41) is 9.96. The molecule has 0 saturated heterocycles. The molecule has 0 unspecified atom stereocenters. The van der Waals surface area contributed by atoms with Crippen molar-refractivity contribution in [1.82, 2.24) is 0 Å². The highest BCUT2D eigenvalue weighted by Gasteiger charge is 2.37. The topological polar surface area (TPSA) is 82.1 Å². The molecule has 0 fully saturated rings. The Morgan fingerprint density at radius 1 is 1.42 bits per heavy atom. The lowest BCUT2D eigenvalue weighted by molar-refractivity contribution is -0.155. The molecule has 0 bridgehead atoms. The van der Waals surface area contributed by atoms with Crippen LogP contribution < -0.4 is 4.65 Å². The first-order valence-electron chi connectivity index (χ1n) is 7.85. The molecule has 1 N–H and O–H groups in total. The van der Waals surface area contributed by atoms with E-state index < -0.39 is 37.2 Å². The van der Waals surface area contributed by atoms with Gasteiger partial charge in [0, 0.05) is 5.82 Å². The predicted molar refractivity (Wildman–Crippen MR) is 84.0 cm³/mol. The molecule has 6 nitrogen and oxygen atoms in total. The molecular weight excluding hydrogens is 318 g/mol. The molecule has 0 amide bonds. The Kier molecular flexibility index (Phi) is 5.82. The molecule has 1 aromatic carbocycles. The van der Waals surface area contributed by atoms with Crippen LogP contribution in [0, 0.1) is 11.7 Å². The van der Waals surface area contributed by atoms with Crippen molar-refractivity contribution < 1.29 is 33.1 Å². The van der Waals surface area contributed by atoms with E-state index >= 15 is 0 Å². The molecule has 1 aliphatic rings. The van der Waals surface area contributed by atoms with E-state index in [1.54, 1.807) is 13.8 Å². The highest BCUT2D eigenvalue weighted by molar-refractivity contribution is 6.46. The number of esters is 2. The number of benzene rings is 1. The fourth-order valence-electron chi connectivity index (χ4n) is 2.41. The van der Waals surface area contributed by atoms with E-state index in [1.165, 1.54) is 6.07 Å². The minimum atomic E-state index is -1.12. The van der Waals surface area contributed by atoms with Gasteiger partial charge in [-0.3, -0.25) is 4.79 Å². The highest BCUT2D eigenvalue weighted by Crippen LogP contribution is 2.37. The average molecular weight is 338 g/mol. The number of rotatable bonds is 5. The Morgan fingerprint density at radius 2 is 2.12 bits per heavy atom. The van der Waals surface area contributed by atoms with Crippen LogP contribution in [0.25, 0.3) is 0 Å². The van der Waals surface area contributed by atoms with Gasteiger partial charge in [-0.25, -0.2) is 9.18 Å². The molecule has 8 heteroatoms. The van der Waals surface area contributed by atoms with Crippen LogP contribution in [-0.4, -0.2) is 30.9 Å². The zero-order chi connectivity index (χ0) is 17.9. The third-order valence-electron chi connectivity index (χ3n) is 3.90. The van der Waals surface area contributed by atoms with E-state index in [-0.39, 0.29) is 17.5 Å². The molecule has 0 radical (unpaired) electrons. The quantitative estimate of drug-likeness (QED) is 0.504. The van der Waals surface area contributed by atoms with Gasteiger partial charge in [-0.05, 0) is 18.1 Å². The molecule has 2 rings (SSSR count). The highest BCUT2D eigenvalue weighted by atomic mass is 19.1. The summed E-state index contributed by atoms with van der Waals surface area (Å²) in [5.74, 6) is -2.88. The van der Waals surface area contributed by atoms with E-state index in [4.69, 9.17) is 14.1 Å². The summed E-state index contributed by atoms with van der Waals surface area (Å²) in [6.45, 7) is 4.57. The van der Waals surface area contributed by atoms with Gasteiger partial charge in [0.15, 0.2) is 0 Å². The summed E-state index contributed by atoms with van der Waals surface area (Å²) < 4.78 is 29.0. The van der Waals surface area contributed by atoms with Gasteiger partial charge < -0.3 is 19.2 Å². The van der Waals surface area contributed by atoms with Crippen molar-refractivity contribution in [3.63, 3.8) is 0 Å². The van der Waals surface area contributed by atoms with Crippen molar-refractivity contribution in [2.24, 2.45) is 5.92 Å². The summed E-state index contributed by atoms with van der Waals surface area (Å²) >= 11 is 0. The van der Waals surface area contributed by atoms with Crippen LogP contribution in [0.2, 0.25) is 5.82 Å². The molecule has 1 heterocycles. The van der Waals surface area contributed by atoms with Crippen LogP contribution in [-0.2, 0) is 20.7 Å². The number of fused-ring (bicyclic) bond motifs is 1. The maximum absolute atomic E-state index is 14.1. The number of halogens is 1. The second kappa shape index (κ2) is 7.66. The molecular formula is C16H20BFO6. The Morgan fingerprint density at radius 3 is 2.75 bits per heavy atom. The lowest BCUT2D eigenvalue weighted by Gasteiger charge is -2.28. The molecule has 1 atom stereocenters. The van der Waals surface area contributed by atoms with E-state index in [9.17, 15) is 19.0 Å².